The van der Waals surface area contributed by atoms with Crippen LogP contribution in [0.3, 0.4) is 0 Å². The number of thiophene rings is 1. The monoisotopic (exact) mass is 208 g/mol. The van der Waals surface area contributed by atoms with E-state index in [9.17, 15) is 0 Å². The number of hydrogen-bond acceptors (Lipinski definition) is 2. The summed E-state index contributed by atoms with van der Waals surface area (Å²) in [6, 6.07) is 4.32. The van der Waals surface area contributed by atoms with E-state index in [1.54, 1.807) is 0 Å². The molecule has 0 N–H and O–H groups in total. The van der Waals surface area contributed by atoms with Crippen LogP contribution in [-0.4, -0.2) is 0 Å². The van der Waals surface area contributed by atoms with E-state index in [2.05, 4.69) is 44.0 Å². The summed E-state index contributed by atoms with van der Waals surface area (Å²) < 4.78 is 1.43. The fourth-order valence-electron chi connectivity index (χ4n) is 1.58. The maximum absolute atomic E-state index is 4.41. The van der Waals surface area contributed by atoms with Crippen LogP contribution in [0.1, 0.15) is 18.1 Å². The van der Waals surface area contributed by atoms with Crippen molar-refractivity contribution in [1.29, 1.82) is 0 Å². The molecule has 13 heavy (non-hydrogen) atoms. The lowest BCUT2D eigenvalue weighted by Crippen LogP contribution is -1.81. The highest BCUT2D eigenvalue weighted by Crippen LogP contribution is 2.31. The fourth-order valence-corrected chi connectivity index (χ4v) is 2.99. The maximum atomic E-state index is 4.41. The SMILES string of the molecule is CCc1cc(S)cc2c(C)csc12. The first kappa shape index (κ1) is 9.10. The lowest BCUT2D eigenvalue weighted by atomic mass is 10.1. The molecule has 1 aromatic heterocycles. The van der Waals surface area contributed by atoms with Crippen LogP contribution in [-0.2, 0) is 6.42 Å². The summed E-state index contributed by atoms with van der Waals surface area (Å²) in [6.45, 7) is 4.35. The van der Waals surface area contributed by atoms with Gasteiger partial charge in [-0.2, -0.15) is 0 Å². The zero-order valence-corrected chi connectivity index (χ0v) is 9.51. The third kappa shape index (κ3) is 1.49. The molecule has 1 aromatic carbocycles. The Morgan fingerprint density at radius 2 is 2.15 bits per heavy atom. The Morgan fingerprint density at radius 3 is 2.85 bits per heavy atom. The number of fused-ring (bicyclic) bond motifs is 1. The van der Waals surface area contributed by atoms with Crippen LogP contribution in [0.15, 0.2) is 22.4 Å². The van der Waals surface area contributed by atoms with Crippen molar-refractivity contribution in [1.82, 2.24) is 0 Å². The minimum atomic E-state index is 1.07. The molecule has 0 bridgehead atoms. The van der Waals surface area contributed by atoms with E-state index in [0.717, 1.165) is 11.3 Å². The minimum Gasteiger partial charge on any atom is -0.143 e. The molecule has 0 nitrogen and oxygen atoms in total. The summed E-state index contributed by atoms with van der Waals surface area (Å²) in [4.78, 5) is 1.07. The smallest absolute Gasteiger partial charge is 0.0378 e. The number of aryl methyl sites for hydroxylation is 2. The van der Waals surface area contributed by atoms with Crippen LogP contribution < -0.4 is 0 Å². The Kier molecular flexibility index (Phi) is 2.35. The Bertz CT molecular complexity index is 441. The highest BCUT2D eigenvalue weighted by atomic mass is 32.1. The molecule has 2 aromatic rings. The summed E-state index contributed by atoms with van der Waals surface area (Å²) in [5.41, 5.74) is 2.78. The van der Waals surface area contributed by atoms with E-state index in [-0.39, 0.29) is 0 Å². The summed E-state index contributed by atoms with van der Waals surface area (Å²) in [6.07, 6.45) is 1.09. The summed E-state index contributed by atoms with van der Waals surface area (Å²) in [5.74, 6) is 0. The largest absolute Gasteiger partial charge is 0.143 e. The highest BCUT2D eigenvalue weighted by Gasteiger charge is 2.05. The van der Waals surface area contributed by atoms with Gasteiger partial charge in [-0.1, -0.05) is 6.92 Å². The van der Waals surface area contributed by atoms with Crippen LogP contribution >= 0.6 is 24.0 Å². The van der Waals surface area contributed by atoms with Gasteiger partial charge in [-0.25, -0.2) is 0 Å². The van der Waals surface area contributed by atoms with Gasteiger partial charge < -0.3 is 0 Å². The van der Waals surface area contributed by atoms with Crippen LogP contribution in [0.5, 0.6) is 0 Å². The van der Waals surface area contributed by atoms with Crippen molar-refractivity contribution in [3.63, 3.8) is 0 Å². The zero-order valence-electron chi connectivity index (χ0n) is 7.79. The first-order valence-electron chi connectivity index (χ1n) is 4.42. The van der Waals surface area contributed by atoms with E-state index in [1.165, 1.54) is 21.2 Å². The molecule has 1 heterocycles. The summed E-state index contributed by atoms with van der Waals surface area (Å²) >= 11 is 6.25. The van der Waals surface area contributed by atoms with Crippen molar-refractivity contribution in [3.8, 4) is 0 Å². The van der Waals surface area contributed by atoms with Crippen LogP contribution in [0.4, 0.5) is 0 Å². The van der Waals surface area contributed by atoms with Gasteiger partial charge in [-0.05, 0) is 47.4 Å². The van der Waals surface area contributed by atoms with Crippen LogP contribution in [0.25, 0.3) is 10.1 Å². The van der Waals surface area contributed by atoms with Crippen LogP contribution in [0, 0.1) is 6.92 Å². The van der Waals surface area contributed by atoms with E-state index in [1.807, 2.05) is 11.3 Å². The van der Waals surface area contributed by atoms with E-state index in [4.69, 9.17) is 0 Å². The van der Waals surface area contributed by atoms with Gasteiger partial charge in [0.15, 0.2) is 0 Å². The van der Waals surface area contributed by atoms with Gasteiger partial charge in [0.2, 0.25) is 0 Å². The van der Waals surface area contributed by atoms with E-state index in [0.29, 0.717) is 0 Å². The topological polar surface area (TPSA) is 0 Å². The Labute approximate surface area is 88.0 Å². The molecule has 0 aliphatic rings. The maximum Gasteiger partial charge on any atom is 0.0378 e. The first-order valence-corrected chi connectivity index (χ1v) is 5.74. The first-order chi connectivity index (χ1) is 6.22. The van der Waals surface area contributed by atoms with Gasteiger partial charge in [-0.3, -0.25) is 0 Å². The van der Waals surface area contributed by atoms with E-state index >= 15 is 0 Å². The van der Waals surface area contributed by atoms with Crippen molar-refractivity contribution < 1.29 is 0 Å². The number of rotatable bonds is 1. The summed E-state index contributed by atoms with van der Waals surface area (Å²) in [5, 5.41) is 3.59. The molecule has 2 heteroatoms. The predicted molar refractivity (Wildman–Crippen MR) is 63.2 cm³/mol. The lowest BCUT2D eigenvalue weighted by molar-refractivity contribution is 1.15. The lowest BCUT2D eigenvalue weighted by Gasteiger charge is -2.01. The van der Waals surface area contributed by atoms with Crippen molar-refractivity contribution in [2.75, 3.05) is 0 Å². The van der Waals surface area contributed by atoms with Gasteiger partial charge in [0, 0.05) is 9.60 Å². The van der Waals surface area contributed by atoms with Gasteiger partial charge >= 0.3 is 0 Å². The van der Waals surface area contributed by atoms with E-state index < -0.39 is 0 Å². The predicted octanol–water partition coefficient (Wildman–Crippen LogP) is 4.06. The van der Waals surface area contributed by atoms with Gasteiger partial charge in [0.05, 0.1) is 0 Å². The molecule has 0 aliphatic carbocycles. The molecule has 0 fully saturated rings. The molecule has 0 radical (unpaired) electrons. The standard InChI is InChI=1S/C11H12S2/c1-3-8-4-9(12)5-10-7(2)6-13-11(8)10/h4-6,12H,3H2,1-2H3. The van der Waals surface area contributed by atoms with Crippen molar-refractivity contribution in [2.45, 2.75) is 25.2 Å². The molecule has 2 rings (SSSR count). The Balaban J connectivity index is 2.84. The molecule has 0 aliphatic heterocycles. The number of benzene rings is 1. The number of thiol groups is 1. The van der Waals surface area contributed by atoms with Crippen molar-refractivity contribution >= 4 is 34.1 Å². The average Bonchev–Trinajstić information content (AvgIpc) is 2.47. The second-order valence-electron chi connectivity index (χ2n) is 3.25. The molecule has 0 amide bonds. The molecular weight excluding hydrogens is 196 g/mol. The zero-order chi connectivity index (χ0) is 9.42. The molecule has 68 valence electrons. The number of hydrogen-bond donors (Lipinski definition) is 1. The van der Waals surface area contributed by atoms with Gasteiger partial charge in [-0.15, -0.1) is 24.0 Å². The molecule has 0 spiro atoms. The molecule has 0 saturated carbocycles. The molecule has 0 atom stereocenters. The fraction of sp³-hybridized carbons (Fsp3) is 0.273. The average molecular weight is 208 g/mol. The minimum absolute atomic E-state index is 1.07. The second-order valence-corrected chi connectivity index (χ2v) is 4.65. The second kappa shape index (κ2) is 3.35. The summed E-state index contributed by atoms with van der Waals surface area (Å²) in [7, 11) is 0. The molecule has 0 unspecified atom stereocenters. The third-order valence-electron chi connectivity index (χ3n) is 2.31. The van der Waals surface area contributed by atoms with Gasteiger partial charge in [0.1, 0.15) is 0 Å². The third-order valence-corrected chi connectivity index (χ3v) is 3.76. The Hall–Kier alpha value is -0.470. The van der Waals surface area contributed by atoms with Crippen molar-refractivity contribution in [2.24, 2.45) is 0 Å². The molecule has 0 saturated heterocycles. The van der Waals surface area contributed by atoms with Gasteiger partial charge in [0.25, 0.3) is 0 Å². The molecular formula is C11H12S2. The van der Waals surface area contributed by atoms with Crippen LogP contribution in [0.2, 0.25) is 0 Å². The van der Waals surface area contributed by atoms with Crippen molar-refractivity contribution in [3.05, 3.63) is 28.6 Å². The normalized spacial score (nSPS) is 11.0. The quantitative estimate of drug-likeness (QED) is 0.671. The highest BCUT2D eigenvalue weighted by molar-refractivity contribution is 7.80. The Morgan fingerprint density at radius 1 is 1.38 bits per heavy atom.